The lowest BCUT2D eigenvalue weighted by Crippen LogP contribution is -1.96. The smallest absolute Gasteiger partial charge is 0.337 e. The molecule has 0 atom stereocenters. The monoisotopic (exact) mass is 193 g/mol. The highest BCUT2D eigenvalue weighted by molar-refractivity contribution is 7.17. The quantitative estimate of drug-likeness (QED) is 0.756. The van der Waals surface area contributed by atoms with Crippen LogP contribution in [0.2, 0.25) is 0 Å². The fraction of sp³-hybridized carbons (Fsp3) is 0.111. The van der Waals surface area contributed by atoms with Crippen molar-refractivity contribution in [2.75, 3.05) is 0 Å². The van der Waals surface area contributed by atoms with E-state index in [1.54, 1.807) is 6.07 Å². The van der Waals surface area contributed by atoms with Gasteiger partial charge in [-0.3, -0.25) is 4.98 Å². The van der Waals surface area contributed by atoms with Crippen molar-refractivity contribution in [2.24, 2.45) is 0 Å². The second-order valence-corrected chi connectivity index (χ2v) is 3.71. The molecule has 0 aliphatic heterocycles. The van der Waals surface area contributed by atoms with Crippen LogP contribution >= 0.6 is 11.3 Å². The minimum Gasteiger partial charge on any atom is -0.478 e. The van der Waals surface area contributed by atoms with E-state index in [1.807, 2.05) is 12.3 Å². The molecule has 0 aromatic carbocycles. The summed E-state index contributed by atoms with van der Waals surface area (Å²) in [6.45, 7) is 1.96. The number of carboxylic acid groups (broad SMARTS) is 1. The zero-order chi connectivity index (χ0) is 9.42. The van der Waals surface area contributed by atoms with Crippen molar-refractivity contribution in [3.05, 3.63) is 28.8 Å². The van der Waals surface area contributed by atoms with Crippen molar-refractivity contribution >= 4 is 27.5 Å². The first-order valence-electron chi connectivity index (χ1n) is 3.75. The summed E-state index contributed by atoms with van der Waals surface area (Å²) in [5, 5.41) is 10.7. The number of pyridine rings is 1. The van der Waals surface area contributed by atoms with Crippen LogP contribution in [0.15, 0.2) is 17.6 Å². The van der Waals surface area contributed by atoms with Crippen LogP contribution in [-0.4, -0.2) is 16.1 Å². The second kappa shape index (κ2) is 2.81. The number of hydrogen-bond acceptors (Lipinski definition) is 3. The van der Waals surface area contributed by atoms with E-state index in [0.717, 1.165) is 15.8 Å². The Kier molecular flexibility index (Phi) is 1.77. The summed E-state index contributed by atoms with van der Waals surface area (Å²) in [6, 6.07) is 1.66. The molecule has 0 bridgehead atoms. The molecule has 0 spiro atoms. The first-order chi connectivity index (χ1) is 6.18. The summed E-state index contributed by atoms with van der Waals surface area (Å²) in [5.74, 6) is -0.930. The molecular formula is C9H7NO2S. The molecule has 66 valence electrons. The van der Waals surface area contributed by atoms with Gasteiger partial charge in [-0.1, -0.05) is 0 Å². The van der Waals surface area contributed by atoms with Crippen molar-refractivity contribution in [1.82, 2.24) is 4.98 Å². The lowest BCUT2D eigenvalue weighted by molar-refractivity contribution is 0.0696. The third-order valence-corrected chi connectivity index (χ3v) is 2.87. The molecule has 2 rings (SSSR count). The fourth-order valence-corrected chi connectivity index (χ4v) is 2.09. The predicted molar refractivity (Wildman–Crippen MR) is 51.3 cm³/mol. The van der Waals surface area contributed by atoms with Crippen LogP contribution in [0, 0.1) is 6.92 Å². The maximum Gasteiger partial charge on any atom is 0.337 e. The van der Waals surface area contributed by atoms with Gasteiger partial charge in [-0.05, 0) is 23.9 Å². The third kappa shape index (κ3) is 1.29. The van der Waals surface area contributed by atoms with Gasteiger partial charge in [-0.15, -0.1) is 11.3 Å². The molecule has 0 amide bonds. The summed E-state index contributed by atoms with van der Waals surface area (Å²) in [6.07, 6.45) is 1.39. The molecule has 0 aliphatic carbocycles. The van der Waals surface area contributed by atoms with E-state index >= 15 is 0 Å². The fourth-order valence-electron chi connectivity index (χ4n) is 1.16. The number of hydrogen-bond donors (Lipinski definition) is 1. The molecule has 0 radical (unpaired) electrons. The van der Waals surface area contributed by atoms with Crippen molar-refractivity contribution in [1.29, 1.82) is 0 Å². The van der Waals surface area contributed by atoms with Gasteiger partial charge in [0.05, 0.1) is 15.8 Å². The van der Waals surface area contributed by atoms with E-state index in [9.17, 15) is 4.79 Å². The molecule has 2 heterocycles. The van der Waals surface area contributed by atoms with Crippen LogP contribution in [0.5, 0.6) is 0 Å². The molecule has 0 unspecified atom stereocenters. The highest BCUT2D eigenvalue weighted by atomic mass is 32.1. The summed E-state index contributed by atoms with van der Waals surface area (Å²) in [7, 11) is 0. The summed E-state index contributed by atoms with van der Waals surface area (Å²) in [5.41, 5.74) is 2.24. The molecule has 1 N–H and O–H groups in total. The van der Waals surface area contributed by atoms with Gasteiger partial charge in [0, 0.05) is 6.20 Å². The Hall–Kier alpha value is -1.42. The van der Waals surface area contributed by atoms with E-state index < -0.39 is 5.97 Å². The van der Waals surface area contributed by atoms with E-state index in [-0.39, 0.29) is 5.56 Å². The highest BCUT2D eigenvalue weighted by Crippen LogP contribution is 2.23. The largest absolute Gasteiger partial charge is 0.478 e. The first-order valence-corrected chi connectivity index (χ1v) is 4.63. The van der Waals surface area contributed by atoms with Crippen LogP contribution in [0.4, 0.5) is 0 Å². The normalized spacial score (nSPS) is 10.5. The van der Waals surface area contributed by atoms with Crippen molar-refractivity contribution < 1.29 is 9.90 Å². The highest BCUT2D eigenvalue weighted by Gasteiger charge is 2.06. The number of thiophene rings is 1. The van der Waals surface area contributed by atoms with Crippen molar-refractivity contribution in [2.45, 2.75) is 6.92 Å². The van der Waals surface area contributed by atoms with Gasteiger partial charge in [0.25, 0.3) is 0 Å². The topological polar surface area (TPSA) is 50.2 Å². The van der Waals surface area contributed by atoms with Gasteiger partial charge in [0.2, 0.25) is 0 Å². The van der Waals surface area contributed by atoms with E-state index in [4.69, 9.17) is 5.11 Å². The van der Waals surface area contributed by atoms with Crippen LogP contribution in [0.25, 0.3) is 10.2 Å². The molecule has 3 nitrogen and oxygen atoms in total. The molecule has 2 aromatic heterocycles. The van der Waals surface area contributed by atoms with E-state index in [1.165, 1.54) is 17.5 Å². The minimum atomic E-state index is -0.930. The lowest BCUT2D eigenvalue weighted by atomic mass is 10.2. The van der Waals surface area contributed by atoms with Crippen LogP contribution < -0.4 is 0 Å². The van der Waals surface area contributed by atoms with Gasteiger partial charge in [-0.25, -0.2) is 4.79 Å². The number of aromatic nitrogens is 1. The van der Waals surface area contributed by atoms with Crippen LogP contribution in [0.3, 0.4) is 0 Å². The Morgan fingerprint density at radius 3 is 3.08 bits per heavy atom. The summed E-state index contributed by atoms with van der Waals surface area (Å²) >= 11 is 1.52. The maximum atomic E-state index is 10.6. The van der Waals surface area contributed by atoms with Crippen molar-refractivity contribution in [3.63, 3.8) is 0 Å². The molecule has 4 heteroatoms. The zero-order valence-electron chi connectivity index (χ0n) is 6.94. The van der Waals surface area contributed by atoms with Gasteiger partial charge < -0.3 is 5.11 Å². The van der Waals surface area contributed by atoms with Crippen molar-refractivity contribution in [3.8, 4) is 0 Å². The standard InChI is InChI=1S/C9H7NO2S/c1-5-4-13-7-2-6(9(11)12)3-10-8(5)7/h2-4H,1H3,(H,11,12). The number of aryl methyl sites for hydroxylation is 1. The third-order valence-electron chi connectivity index (χ3n) is 1.84. The SMILES string of the molecule is Cc1csc2cc(C(=O)O)cnc12. The number of carboxylic acids is 1. The van der Waals surface area contributed by atoms with E-state index in [0.29, 0.717) is 0 Å². The number of rotatable bonds is 1. The molecule has 2 aromatic rings. The Bertz CT molecular complexity index is 475. The van der Waals surface area contributed by atoms with Gasteiger partial charge in [0.15, 0.2) is 0 Å². The number of fused-ring (bicyclic) bond motifs is 1. The number of aromatic carboxylic acids is 1. The molecule has 13 heavy (non-hydrogen) atoms. The Morgan fingerprint density at radius 1 is 1.62 bits per heavy atom. The van der Waals surface area contributed by atoms with E-state index in [2.05, 4.69) is 4.98 Å². The van der Waals surface area contributed by atoms with Gasteiger partial charge in [0.1, 0.15) is 0 Å². The number of carbonyl (C=O) groups is 1. The van der Waals surface area contributed by atoms with Crippen LogP contribution in [0.1, 0.15) is 15.9 Å². The average Bonchev–Trinajstić information content (AvgIpc) is 2.47. The van der Waals surface area contributed by atoms with Gasteiger partial charge >= 0.3 is 5.97 Å². The number of nitrogens with zero attached hydrogens (tertiary/aromatic N) is 1. The zero-order valence-corrected chi connectivity index (χ0v) is 7.76. The Morgan fingerprint density at radius 2 is 2.38 bits per heavy atom. The first kappa shape index (κ1) is 8.19. The average molecular weight is 193 g/mol. The second-order valence-electron chi connectivity index (χ2n) is 2.79. The molecule has 0 saturated heterocycles. The summed E-state index contributed by atoms with van der Waals surface area (Å²) < 4.78 is 0.928. The summed E-state index contributed by atoms with van der Waals surface area (Å²) in [4.78, 5) is 14.7. The Balaban J connectivity index is 2.70. The van der Waals surface area contributed by atoms with Gasteiger partial charge in [-0.2, -0.15) is 0 Å². The predicted octanol–water partition coefficient (Wildman–Crippen LogP) is 2.30. The maximum absolute atomic E-state index is 10.6. The molecule has 0 aliphatic rings. The van der Waals surface area contributed by atoms with Crippen LogP contribution in [-0.2, 0) is 0 Å². The molecule has 0 saturated carbocycles. The Labute approximate surface area is 78.7 Å². The lowest BCUT2D eigenvalue weighted by Gasteiger charge is -1.93. The molecule has 0 fully saturated rings. The minimum absolute atomic E-state index is 0.245. The molecular weight excluding hydrogens is 186 g/mol.